The maximum absolute atomic E-state index is 12.8. The summed E-state index contributed by atoms with van der Waals surface area (Å²) >= 11 is 0. The summed E-state index contributed by atoms with van der Waals surface area (Å²) in [4.78, 5) is 11.9. The minimum Gasteiger partial charge on any atom is -0.462 e. The van der Waals surface area contributed by atoms with E-state index in [0.717, 1.165) is 17.8 Å². The van der Waals surface area contributed by atoms with Crippen LogP contribution in [0.2, 0.25) is 0 Å². The lowest BCUT2D eigenvalue weighted by molar-refractivity contribution is -0.00518. The average Bonchev–Trinajstić information content (AvgIpc) is 2.73. The van der Waals surface area contributed by atoms with Gasteiger partial charge >= 0.3 is 5.97 Å². The van der Waals surface area contributed by atoms with Crippen LogP contribution in [0.4, 0.5) is 5.69 Å². The fraction of sp³-hybridized carbons (Fsp3) is 0.480. The van der Waals surface area contributed by atoms with Gasteiger partial charge in [-0.25, -0.2) is 13.2 Å². The molecule has 0 saturated heterocycles. The lowest BCUT2D eigenvalue weighted by Crippen LogP contribution is -2.48. The van der Waals surface area contributed by atoms with Crippen molar-refractivity contribution in [2.75, 3.05) is 11.3 Å². The largest absolute Gasteiger partial charge is 0.462 e. The minimum atomic E-state index is -3.73. The van der Waals surface area contributed by atoms with Gasteiger partial charge < -0.3 is 4.74 Å². The lowest BCUT2D eigenvalue weighted by atomic mass is 9.48. The molecule has 4 aliphatic rings. The third-order valence-electron chi connectivity index (χ3n) is 7.46. The SMILES string of the molecule is CCOC(=O)c1ccc(S(=O)(=O)Nc2ccc(C34CC5CC(CC(C5)C3)C4)cc2)cc1. The van der Waals surface area contributed by atoms with E-state index in [0.29, 0.717) is 16.7 Å². The molecule has 2 aromatic rings. The van der Waals surface area contributed by atoms with Gasteiger partial charge in [0.25, 0.3) is 10.0 Å². The normalized spacial score (nSPS) is 29.0. The van der Waals surface area contributed by atoms with Crippen molar-refractivity contribution < 1.29 is 17.9 Å². The van der Waals surface area contributed by atoms with Crippen LogP contribution in [0.25, 0.3) is 0 Å². The molecule has 0 unspecified atom stereocenters. The van der Waals surface area contributed by atoms with E-state index in [2.05, 4.69) is 16.9 Å². The number of ether oxygens (including phenoxy) is 1. The summed E-state index contributed by atoms with van der Waals surface area (Å²) in [5.74, 6) is 2.17. The van der Waals surface area contributed by atoms with Gasteiger partial charge in [0.1, 0.15) is 0 Å². The number of rotatable bonds is 6. The number of sulfonamides is 1. The van der Waals surface area contributed by atoms with Gasteiger partial charge in [0.05, 0.1) is 17.1 Å². The highest BCUT2D eigenvalue weighted by Crippen LogP contribution is 2.60. The standard InChI is InChI=1S/C25H29NO4S/c1-2-30-24(27)20-3-9-23(10-4-20)31(28,29)26-22-7-5-21(6-8-22)25-14-17-11-18(15-25)13-19(12-17)16-25/h3-10,17-19,26H,2,11-16H2,1H3. The molecule has 6 heteroatoms. The average molecular weight is 440 g/mol. The Morgan fingerprint density at radius 3 is 2.00 bits per heavy atom. The lowest BCUT2D eigenvalue weighted by Gasteiger charge is -2.57. The van der Waals surface area contributed by atoms with Crippen LogP contribution in [0.3, 0.4) is 0 Å². The summed E-state index contributed by atoms with van der Waals surface area (Å²) in [5, 5.41) is 0. The number of esters is 1. The molecule has 0 atom stereocenters. The summed E-state index contributed by atoms with van der Waals surface area (Å²) in [6.07, 6.45) is 8.09. The van der Waals surface area contributed by atoms with E-state index in [1.165, 1.54) is 68.4 Å². The molecule has 0 radical (unpaired) electrons. The second kappa shape index (κ2) is 7.66. The number of anilines is 1. The Hall–Kier alpha value is -2.34. The molecule has 0 aliphatic heterocycles. The van der Waals surface area contributed by atoms with Gasteiger partial charge in [-0.3, -0.25) is 4.72 Å². The number of hydrogen-bond acceptors (Lipinski definition) is 4. The fourth-order valence-corrected chi connectivity index (χ4v) is 7.61. The Bertz CT molecular complexity index is 1040. The fourth-order valence-electron chi connectivity index (χ4n) is 6.55. The summed E-state index contributed by atoms with van der Waals surface area (Å²) in [6.45, 7) is 2.01. The molecule has 1 N–H and O–H groups in total. The molecule has 0 amide bonds. The second-order valence-corrected chi connectivity index (χ2v) is 11.3. The third kappa shape index (κ3) is 3.86. The molecule has 4 saturated carbocycles. The molecule has 4 bridgehead atoms. The van der Waals surface area contributed by atoms with Crippen molar-refractivity contribution in [1.29, 1.82) is 0 Å². The first-order chi connectivity index (χ1) is 14.9. The van der Waals surface area contributed by atoms with Crippen LogP contribution in [0.5, 0.6) is 0 Å². The van der Waals surface area contributed by atoms with Gasteiger partial charge in [-0.2, -0.15) is 0 Å². The Kier molecular flexibility index (Phi) is 5.08. The van der Waals surface area contributed by atoms with Crippen molar-refractivity contribution in [2.45, 2.75) is 55.8 Å². The Morgan fingerprint density at radius 2 is 1.48 bits per heavy atom. The number of carbonyl (C=O) groups excluding carboxylic acids is 1. The summed E-state index contributed by atoms with van der Waals surface area (Å²) in [7, 11) is -3.73. The van der Waals surface area contributed by atoms with Crippen LogP contribution in [0.1, 0.15) is 61.4 Å². The van der Waals surface area contributed by atoms with Gasteiger partial charge in [-0.1, -0.05) is 12.1 Å². The van der Waals surface area contributed by atoms with E-state index in [4.69, 9.17) is 4.74 Å². The molecular weight excluding hydrogens is 410 g/mol. The monoisotopic (exact) mass is 439 g/mol. The Morgan fingerprint density at radius 1 is 0.935 bits per heavy atom. The molecule has 31 heavy (non-hydrogen) atoms. The highest BCUT2D eigenvalue weighted by atomic mass is 32.2. The van der Waals surface area contributed by atoms with E-state index in [9.17, 15) is 13.2 Å². The zero-order chi connectivity index (χ0) is 21.6. The third-order valence-corrected chi connectivity index (χ3v) is 8.86. The van der Waals surface area contributed by atoms with Crippen molar-refractivity contribution in [2.24, 2.45) is 17.8 Å². The van der Waals surface area contributed by atoms with Crippen LogP contribution >= 0.6 is 0 Å². The molecule has 6 rings (SSSR count). The zero-order valence-corrected chi connectivity index (χ0v) is 18.7. The van der Waals surface area contributed by atoms with Crippen LogP contribution in [0.15, 0.2) is 53.4 Å². The van der Waals surface area contributed by atoms with Crippen molar-refractivity contribution in [1.82, 2.24) is 0 Å². The molecule has 2 aromatic carbocycles. The summed E-state index contributed by atoms with van der Waals surface area (Å²) in [6, 6.07) is 13.8. The van der Waals surface area contributed by atoms with E-state index in [1.807, 2.05) is 12.1 Å². The minimum absolute atomic E-state index is 0.116. The van der Waals surface area contributed by atoms with Crippen molar-refractivity contribution in [3.05, 3.63) is 59.7 Å². The number of hydrogen-bond donors (Lipinski definition) is 1. The topological polar surface area (TPSA) is 72.5 Å². The van der Waals surface area contributed by atoms with Crippen LogP contribution in [0, 0.1) is 17.8 Å². The maximum Gasteiger partial charge on any atom is 0.338 e. The summed E-state index contributed by atoms with van der Waals surface area (Å²) < 4.78 is 33.2. The number of benzene rings is 2. The van der Waals surface area contributed by atoms with Crippen LogP contribution in [-0.2, 0) is 20.2 Å². The van der Waals surface area contributed by atoms with Gasteiger partial charge in [-0.15, -0.1) is 0 Å². The quantitative estimate of drug-likeness (QED) is 0.633. The van der Waals surface area contributed by atoms with E-state index in [-0.39, 0.29) is 11.5 Å². The van der Waals surface area contributed by atoms with Gasteiger partial charge in [0.2, 0.25) is 0 Å². The first-order valence-electron chi connectivity index (χ1n) is 11.3. The smallest absolute Gasteiger partial charge is 0.338 e. The first-order valence-corrected chi connectivity index (χ1v) is 12.8. The predicted octanol–water partition coefficient (Wildman–Crippen LogP) is 5.13. The Balaban J connectivity index is 1.31. The number of nitrogens with one attached hydrogen (secondary N) is 1. The number of carbonyl (C=O) groups is 1. The molecular formula is C25H29NO4S. The molecule has 5 nitrogen and oxygen atoms in total. The van der Waals surface area contributed by atoms with Crippen LogP contribution in [-0.4, -0.2) is 21.0 Å². The second-order valence-electron chi connectivity index (χ2n) is 9.63. The highest BCUT2D eigenvalue weighted by molar-refractivity contribution is 7.92. The van der Waals surface area contributed by atoms with Crippen molar-refractivity contribution >= 4 is 21.7 Å². The maximum atomic E-state index is 12.8. The molecule has 0 heterocycles. The van der Waals surface area contributed by atoms with Gasteiger partial charge in [0.15, 0.2) is 0 Å². The molecule has 0 spiro atoms. The molecule has 0 aromatic heterocycles. The van der Waals surface area contributed by atoms with Crippen molar-refractivity contribution in [3.8, 4) is 0 Å². The van der Waals surface area contributed by atoms with Gasteiger partial charge in [0, 0.05) is 5.69 Å². The zero-order valence-electron chi connectivity index (χ0n) is 17.8. The Labute approximate surface area is 184 Å². The van der Waals surface area contributed by atoms with Crippen molar-refractivity contribution in [3.63, 3.8) is 0 Å². The molecule has 164 valence electrons. The van der Waals surface area contributed by atoms with E-state index < -0.39 is 16.0 Å². The van der Waals surface area contributed by atoms with E-state index >= 15 is 0 Å². The van der Waals surface area contributed by atoms with Crippen LogP contribution < -0.4 is 4.72 Å². The molecule has 4 aliphatic carbocycles. The summed E-state index contributed by atoms with van der Waals surface area (Å²) in [5.41, 5.74) is 2.56. The van der Waals surface area contributed by atoms with Gasteiger partial charge in [-0.05, 0) is 111 Å². The first kappa shape index (κ1) is 20.6. The predicted molar refractivity (Wildman–Crippen MR) is 119 cm³/mol. The highest BCUT2D eigenvalue weighted by Gasteiger charge is 2.51. The van der Waals surface area contributed by atoms with E-state index in [1.54, 1.807) is 6.92 Å². The molecule has 4 fully saturated rings.